The molecule has 0 amide bonds. The van der Waals surface area contributed by atoms with Crippen LogP contribution in [0.1, 0.15) is 81.2 Å². The lowest BCUT2D eigenvalue weighted by atomic mass is 9.82. The van der Waals surface area contributed by atoms with Gasteiger partial charge in [0.05, 0.1) is 25.4 Å². The number of aliphatic carboxylic acids is 1. The minimum atomic E-state index is -1.50. The van der Waals surface area contributed by atoms with Crippen LogP contribution in [0.3, 0.4) is 0 Å². The van der Waals surface area contributed by atoms with Crippen molar-refractivity contribution in [2.75, 3.05) is 7.11 Å². The molecule has 1 saturated carbocycles. The molecule has 0 saturated heterocycles. The van der Waals surface area contributed by atoms with Crippen molar-refractivity contribution in [3.63, 3.8) is 0 Å². The summed E-state index contributed by atoms with van der Waals surface area (Å²) in [5.74, 6) is -0.384. The van der Waals surface area contributed by atoms with Gasteiger partial charge in [0.2, 0.25) is 5.88 Å². The summed E-state index contributed by atoms with van der Waals surface area (Å²) >= 11 is -1.50. The van der Waals surface area contributed by atoms with Gasteiger partial charge in [0, 0.05) is 17.2 Å². The maximum absolute atomic E-state index is 15.0. The van der Waals surface area contributed by atoms with Gasteiger partial charge in [-0.15, -0.1) is 0 Å². The monoisotopic (exact) mass is 592 g/mol. The summed E-state index contributed by atoms with van der Waals surface area (Å²) in [5.41, 5.74) is 4.45. The molecule has 2 aromatic carbocycles. The Bertz CT molecular complexity index is 1500. The topological polar surface area (TPSA) is 104 Å². The van der Waals surface area contributed by atoms with E-state index in [0.29, 0.717) is 22.6 Å². The summed E-state index contributed by atoms with van der Waals surface area (Å²) in [5, 5.41) is 9.72. The van der Waals surface area contributed by atoms with E-state index in [1.54, 1.807) is 6.92 Å². The van der Waals surface area contributed by atoms with Crippen LogP contribution >= 0.6 is 0 Å². The number of benzene rings is 2. The van der Waals surface area contributed by atoms with Crippen LogP contribution in [0, 0.1) is 17.7 Å². The summed E-state index contributed by atoms with van der Waals surface area (Å²) in [6.45, 7) is 7.32. The summed E-state index contributed by atoms with van der Waals surface area (Å²) in [6, 6.07) is 13.3. The third-order valence-electron chi connectivity index (χ3n) is 8.07. The van der Waals surface area contributed by atoms with Crippen LogP contribution in [0.2, 0.25) is 0 Å². The summed E-state index contributed by atoms with van der Waals surface area (Å²) in [6.07, 6.45) is 6.02. The minimum absolute atomic E-state index is 0.0465. The summed E-state index contributed by atoms with van der Waals surface area (Å²) < 4.78 is 43.2. The number of fused-ring (bicyclic) bond motifs is 1. The first-order valence-corrected chi connectivity index (χ1v) is 15.4. The molecule has 0 bridgehead atoms. The molecule has 1 aliphatic carbocycles. The predicted molar refractivity (Wildman–Crippen MR) is 162 cm³/mol. The van der Waals surface area contributed by atoms with E-state index in [1.807, 2.05) is 45.0 Å². The van der Waals surface area contributed by atoms with Crippen LogP contribution in [-0.2, 0) is 22.6 Å². The van der Waals surface area contributed by atoms with Gasteiger partial charge in [-0.05, 0) is 92.7 Å². The lowest BCUT2D eigenvalue weighted by molar-refractivity contribution is -0.142. The van der Waals surface area contributed by atoms with Crippen molar-refractivity contribution >= 4 is 23.5 Å². The highest BCUT2D eigenvalue weighted by molar-refractivity contribution is 7.91. The molecule has 7 nitrogen and oxygen atoms in total. The number of halogens is 1. The molecule has 1 aromatic heterocycles. The number of aromatic nitrogens is 1. The molecular weight excluding hydrogens is 555 g/mol. The van der Waals surface area contributed by atoms with Crippen molar-refractivity contribution < 1.29 is 28.3 Å². The number of carboxylic acid groups (broad SMARTS) is 1. The maximum atomic E-state index is 15.0. The van der Waals surface area contributed by atoms with Crippen LogP contribution in [0.5, 0.6) is 11.6 Å². The van der Waals surface area contributed by atoms with Crippen molar-refractivity contribution in [3.05, 3.63) is 76.7 Å². The van der Waals surface area contributed by atoms with Crippen molar-refractivity contribution in [1.29, 1.82) is 0 Å². The van der Waals surface area contributed by atoms with Crippen molar-refractivity contribution in [1.82, 2.24) is 4.98 Å². The van der Waals surface area contributed by atoms with E-state index >= 15 is 0 Å². The number of ether oxygens (including phenoxy) is 2. The number of nitrogens with zero attached hydrogens (tertiary/aromatic N) is 2. The van der Waals surface area contributed by atoms with Gasteiger partial charge in [-0.25, -0.2) is 9.37 Å². The molecule has 222 valence electrons. The number of carbonyl (C=O) groups is 1. The van der Waals surface area contributed by atoms with Gasteiger partial charge in [0.15, 0.2) is 0 Å². The average Bonchev–Trinajstić information content (AvgIpc) is 3.80. The third kappa shape index (κ3) is 6.47. The van der Waals surface area contributed by atoms with Crippen LogP contribution in [0.15, 0.2) is 53.1 Å². The molecule has 0 spiro atoms. The average molecular weight is 593 g/mol. The van der Waals surface area contributed by atoms with Crippen LogP contribution in [-0.4, -0.2) is 38.7 Å². The van der Waals surface area contributed by atoms with E-state index < -0.39 is 33.8 Å². The molecular formula is C33H37FN2O5S. The molecule has 4 atom stereocenters. The molecule has 9 heteroatoms. The fourth-order valence-corrected chi connectivity index (χ4v) is 6.07. The Hall–Kier alpha value is -3.43. The molecule has 0 radical (unpaired) electrons. The lowest BCUT2D eigenvalue weighted by Crippen LogP contribution is -2.25. The largest absolute Gasteiger partial charge is 0.591 e. The first-order chi connectivity index (χ1) is 20.0. The van der Waals surface area contributed by atoms with Gasteiger partial charge in [-0.3, -0.25) is 4.79 Å². The van der Waals surface area contributed by atoms with E-state index in [2.05, 4.69) is 21.5 Å². The highest BCUT2D eigenvalue weighted by Crippen LogP contribution is 2.48. The maximum Gasteiger partial charge on any atom is 0.306 e. The fraction of sp³-hybridized carbons (Fsp3) is 0.424. The number of hydrogen-bond donors (Lipinski definition) is 1. The molecule has 1 aliphatic heterocycles. The van der Waals surface area contributed by atoms with Crippen molar-refractivity contribution in [2.24, 2.45) is 16.2 Å². The second-order valence-corrected chi connectivity index (χ2v) is 14.1. The fourth-order valence-electron chi connectivity index (χ4n) is 5.54. The van der Waals surface area contributed by atoms with E-state index in [4.69, 9.17) is 9.47 Å². The molecule has 42 heavy (non-hydrogen) atoms. The Morgan fingerprint density at radius 1 is 1.19 bits per heavy atom. The Labute approximate surface area is 249 Å². The zero-order chi connectivity index (χ0) is 30.2. The summed E-state index contributed by atoms with van der Waals surface area (Å²) in [4.78, 5) is 15.8. The van der Waals surface area contributed by atoms with E-state index in [1.165, 1.54) is 19.4 Å². The van der Waals surface area contributed by atoms with E-state index in [-0.39, 0.29) is 17.9 Å². The van der Waals surface area contributed by atoms with Gasteiger partial charge >= 0.3 is 5.97 Å². The normalized spacial score (nSPS) is 19.1. The second-order valence-electron chi connectivity index (χ2n) is 12.2. The smallest absolute Gasteiger partial charge is 0.306 e. The van der Waals surface area contributed by atoms with Crippen LogP contribution in [0.4, 0.5) is 4.39 Å². The number of carboxylic acids is 1. The van der Waals surface area contributed by atoms with E-state index in [0.717, 1.165) is 54.3 Å². The molecule has 1 N–H and O–H groups in total. The lowest BCUT2D eigenvalue weighted by Gasteiger charge is -2.29. The molecule has 0 unspecified atom stereocenters. The van der Waals surface area contributed by atoms with Gasteiger partial charge in [-0.1, -0.05) is 35.6 Å². The molecule has 2 heterocycles. The Morgan fingerprint density at radius 2 is 1.95 bits per heavy atom. The Balaban J connectivity index is 1.49. The second kappa shape index (κ2) is 12.1. The molecule has 1 fully saturated rings. The van der Waals surface area contributed by atoms with E-state index in [9.17, 15) is 18.8 Å². The SMILES string of the molecule is COc1cc(-c2ccc([C@H]3CCc4ccc([C@H](C5CC5)[C@H](C)C(=O)O)cc4O3)cc2/C=N/[S@@+]([O-])C(C)(C)C)c(F)cn1. The van der Waals surface area contributed by atoms with Crippen LogP contribution in [0.25, 0.3) is 11.1 Å². The number of hydrogen-bond acceptors (Lipinski definition) is 6. The number of rotatable bonds is 9. The molecule has 2 aliphatic rings. The Kier molecular flexibility index (Phi) is 8.62. The Morgan fingerprint density at radius 3 is 2.62 bits per heavy atom. The molecule has 3 aromatic rings. The van der Waals surface area contributed by atoms with Crippen LogP contribution < -0.4 is 9.47 Å². The zero-order valence-electron chi connectivity index (χ0n) is 24.6. The highest BCUT2D eigenvalue weighted by atomic mass is 32.2. The first-order valence-electron chi connectivity index (χ1n) is 14.3. The number of pyridine rings is 1. The highest BCUT2D eigenvalue weighted by Gasteiger charge is 2.39. The number of aryl methyl sites for hydroxylation is 1. The first kappa shape index (κ1) is 30.0. The van der Waals surface area contributed by atoms with Gasteiger partial charge < -0.3 is 19.1 Å². The van der Waals surface area contributed by atoms with Crippen molar-refractivity contribution in [2.45, 2.75) is 70.1 Å². The zero-order valence-corrected chi connectivity index (χ0v) is 25.4. The van der Waals surface area contributed by atoms with Gasteiger partial charge in [0.1, 0.15) is 33.8 Å². The standard InChI is InChI=1S/C33H37FN2O5S/c1-19(32(37)38)31(21-7-8-21)23-9-6-20-11-13-28(41-29(20)15-23)22-10-12-25(26-16-30(40-5)35-18-27(26)34)24(14-22)17-36-42(39)33(2,3)4/h6,9-10,12,14-19,21,28,31H,7-8,11,13H2,1-5H3,(H,37,38)/b36-17+/t19-,28+,31-,42-/m0/s1. The third-order valence-corrected chi connectivity index (χ3v) is 9.41. The number of methoxy groups -OCH3 is 1. The quantitative estimate of drug-likeness (QED) is 0.211. The summed E-state index contributed by atoms with van der Waals surface area (Å²) in [7, 11) is 1.47. The van der Waals surface area contributed by atoms with Crippen molar-refractivity contribution in [3.8, 4) is 22.8 Å². The van der Waals surface area contributed by atoms with Gasteiger partial charge in [0.25, 0.3) is 0 Å². The predicted octanol–water partition coefficient (Wildman–Crippen LogP) is 7.06. The minimum Gasteiger partial charge on any atom is -0.591 e. The van der Waals surface area contributed by atoms with Gasteiger partial charge in [-0.2, -0.15) is 0 Å². The molecule has 5 rings (SSSR count).